The zero-order chi connectivity index (χ0) is 13.7. The third kappa shape index (κ3) is 2.36. The first-order valence-corrected chi connectivity index (χ1v) is 7.46. The first-order valence-electron chi connectivity index (χ1n) is 6.66. The van der Waals surface area contributed by atoms with Crippen molar-refractivity contribution in [2.24, 2.45) is 5.41 Å². The van der Waals surface area contributed by atoms with E-state index in [1.807, 2.05) is 26.0 Å². The molecule has 3 nitrogen and oxygen atoms in total. The van der Waals surface area contributed by atoms with Gasteiger partial charge in [-0.3, -0.25) is 0 Å². The molecule has 0 atom stereocenters. The molecule has 1 spiro atoms. The fraction of sp³-hybridized carbons (Fsp3) is 0.600. The summed E-state index contributed by atoms with van der Waals surface area (Å²) in [4.78, 5) is 0. The van der Waals surface area contributed by atoms with Gasteiger partial charge < -0.3 is 14.6 Å². The minimum Gasteiger partial charge on any atom is -0.489 e. The van der Waals surface area contributed by atoms with Gasteiger partial charge in [-0.2, -0.15) is 0 Å². The van der Waals surface area contributed by atoms with E-state index in [1.165, 1.54) is 12.8 Å². The molecule has 1 fully saturated rings. The topological polar surface area (TPSA) is 38.7 Å². The van der Waals surface area contributed by atoms with Crippen LogP contribution in [0.5, 0.6) is 11.5 Å². The number of fused-ring (bicyclic) bond motifs is 1. The summed E-state index contributed by atoms with van der Waals surface area (Å²) in [6.07, 6.45) is 2.38. The lowest BCUT2D eigenvalue weighted by Crippen LogP contribution is -2.22. The highest BCUT2D eigenvalue weighted by Crippen LogP contribution is 2.51. The fourth-order valence-electron chi connectivity index (χ4n) is 2.26. The first kappa shape index (κ1) is 13.3. The molecular formula is C15H19BrO3. The number of ether oxygens (including phenoxy) is 2. The minimum atomic E-state index is -0.287. The van der Waals surface area contributed by atoms with Gasteiger partial charge in [0.15, 0.2) is 11.5 Å². The van der Waals surface area contributed by atoms with Crippen molar-refractivity contribution in [2.75, 3.05) is 19.8 Å². The summed E-state index contributed by atoms with van der Waals surface area (Å²) in [5, 5.41) is 9.50. The summed E-state index contributed by atoms with van der Waals surface area (Å²) in [5.74, 6) is 1.58. The summed E-state index contributed by atoms with van der Waals surface area (Å²) in [6, 6.07) is 4.01. The van der Waals surface area contributed by atoms with Crippen LogP contribution in [-0.4, -0.2) is 24.9 Å². The van der Waals surface area contributed by atoms with Crippen molar-refractivity contribution in [3.05, 3.63) is 22.2 Å². The second-order valence-corrected chi connectivity index (χ2v) is 7.26. The molecule has 2 aliphatic rings. The Labute approximate surface area is 122 Å². The van der Waals surface area contributed by atoms with E-state index in [-0.39, 0.29) is 17.4 Å². The van der Waals surface area contributed by atoms with Crippen LogP contribution in [0.25, 0.3) is 0 Å². The minimum absolute atomic E-state index is 0.100. The van der Waals surface area contributed by atoms with Gasteiger partial charge in [0, 0.05) is 10.8 Å². The lowest BCUT2D eigenvalue weighted by molar-refractivity contribution is 0.196. The molecule has 0 bridgehead atoms. The molecule has 1 heterocycles. The Morgan fingerprint density at radius 3 is 2.58 bits per heavy atom. The van der Waals surface area contributed by atoms with E-state index in [1.54, 1.807) is 0 Å². The van der Waals surface area contributed by atoms with Crippen LogP contribution in [0.3, 0.4) is 0 Å². The molecule has 1 aromatic rings. The predicted octanol–water partition coefficient (Wildman–Crippen LogP) is 3.27. The van der Waals surface area contributed by atoms with E-state index < -0.39 is 0 Å². The van der Waals surface area contributed by atoms with Crippen LogP contribution in [0.15, 0.2) is 16.6 Å². The molecule has 0 radical (unpaired) electrons. The molecule has 4 heteroatoms. The molecule has 0 saturated heterocycles. The van der Waals surface area contributed by atoms with Gasteiger partial charge in [0.25, 0.3) is 0 Å². The summed E-state index contributed by atoms with van der Waals surface area (Å²) in [6.45, 7) is 5.60. The van der Waals surface area contributed by atoms with E-state index in [2.05, 4.69) is 15.9 Å². The maximum absolute atomic E-state index is 9.50. The van der Waals surface area contributed by atoms with Gasteiger partial charge in [-0.25, -0.2) is 0 Å². The average Bonchev–Trinajstić information content (AvgIpc) is 3.17. The third-order valence-corrected chi connectivity index (χ3v) is 4.79. The van der Waals surface area contributed by atoms with Crippen molar-refractivity contribution in [3.63, 3.8) is 0 Å². The van der Waals surface area contributed by atoms with Crippen molar-refractivity contribution in [1.82, 2.24) is 0 Å². The molecule has 1 aliphatic carbocycles. The standard InChI is InChI=1S/C15H19BrO3/c1-14(2,7-17)10-5-11(16)13-12(6-10)18-8-15(3-4-15)9-19-13/h5-6,17H,3-4,7-9H2,1-2H3. The largest absolute Gasteiger partial charge is 0.489 e. The van der Waals surface area contributed by atoms with Crippen molar-refractivity contribution < 1.29 is 14.6 Å². The van der Waals surface area contributed by atoms with Crippen molar-refractivity contribution in [1.29, 1.82) is 0 Å². The van der Waals surface area contributed by atoms with Gasteiger partial charge in [0.05, 0.1) is 24.3 Å². The van der Waals surface area contributed by atoms with Gasteiger partial charge in [0.2, 0.25) is 0 Å². The van der Waals surface area contributed by atoms with Crippen LogP contribution in [0.1, 0.15) is 32.3 Å². The molecule has 0 unspecified atom stereocenters. The SMILES string of the molecule is CC(C)(CO)c1cc(Br)c2c(c1)OCC1(CC1)CO2. The summed E-state index contributed by atoms with van der Waals surface area (Å²) < 4.78 is 12.8. The molecule has 3 rings (SSSR count). The Hall–Kier alpha value is -0.740. The second kappa shape index (κ2) is 4.38. The molecule has 104 valence electrons. The highest BCUT2D eigenvalue weighted by molar-refractivity contribution is 9.10. The molecule has 1 saturated carbocycles. The first-order chi connectivity index (χ1) is 8.96. The predicted molar refractivity (Wildman–Crippen MR) is 76.9 cm³/mol. The molecule has 1 aliphatic heterocycles. The van der Waals surface area contributed by atoms with Crippen molar-refractivity contribution >= 4 is 15.9 Å². The Bertz CT molecular complexity index is 506. The van der Waals surface area contributed by atoms with Crippen LogP contribution in [0.4, 0.5) is 0 Å². The van der Waals surface area contributed by atoms with Gasteiger partial charge in [-0.1, -0.05) is 13.8 Å². The van der Waals surface area contributed by atoms with Gasteiger partial charge in [-0.15, -0.1) is 0 Å². The monoisotopic (exact) mass is 326 g/mol. The van der Waals surface area contributed by atoms with E-state index in [4.69, 9.17) is 9.47 Å². The Balaban J connectivity index is 1.98. The number of hydrogen-bond acceptors (Lipinski definition) is 3. The lowest BCUT2D eigenvalue weighted by atomic mass is 9.85. The second-order valence-electron chi connectivity index (χ2n) is 6.40. The zero-order valence-corrected chi connectivity index (χ0v) is 12.9. The van der Waals surface area contributed by atoms with E-state index in [0.717, 1.165) is 34.7 Å². The Kier molecular flexibility index (Phi) is 3.06. The van der Waals surface area contributed by atoms with E-state index >= 15 is 0 Å². The van der Waals surface area contributed by atoms with Crippen LogP contribution < -0.4 is 9.47 Å². The maximum Gasteiger partial charge on any atom is 0.175 e. The Morgan fingerprint density at radius 2 is 1.95 bits per heavy atom. The highest BCUT2D eigenvalue weighted by atomic mass is 79.9. The Morgan fingerprint density at radius 1 is 1.26 bits per heavy atom. The highest BCUT2D eigenvalue weighted by Gasteiger charge is 2.46. The van der Waals surface area contributed by atoms with Gasteiger partial charge in [0.1, 0.15) is 0 Å². The van der Waals surface area contributed by atoms with Crippen LogP contribution in [-0.2, 0) is 5.41 Å². The van der Waals surface area contributed by atoms with Crippen LogP contribution >= 0.6 is 15.9 Å². The average molecular weight is 327 g/mol. The zero-order valence-electron chi connectivity index (χ0n) is 11.3. The molecule has 1 N–H and O–H groups in total. The number of aliphatic hydroxyl groups is 1. The number of aliphatic hydroxyl groups excluding tert-OH is 1. The third-order valence-electron chi connectivity index (χ3n) is 4.20. The van der Waals surface area contributed by atoms with Crippen molar-refractivity contribution in [2.45, 2.75) is 32.1 Å². The van der Waals surface area contributed by atoms with Crippen molar-refractivity contribution in [3.8, 4) is 11.5 Å². The molecular weight excluding hydrogens is 308 g/mol. The van der Waals surface area contributed by atoms with Crippen LogP contribution in [0.2, 0.25) is 0 Å². The van der Waals surface area contributed by atoms with E-state index in [0.29, 0.717) is 0 Å². The smallest absolute Gasteiger partial charge is 0.175 e. The number of rotatable bonds is 2. The maximum atomic E-state index is 9.50. The molecule has 1 aromatic carbocycles. The lowest BCUT2D eigenvalue weighted by Gasteiger charge is -2.24. The number of halogens is 1. The summed E-state index contributed by atoms with van der Waals surface area (Å²) in [5.41, 5.74) is 1.01. The van der Waals surface area contributed by atoms with Gasteiger partial charge in [-0.05, 0) is 46.5 Å². The summed E-state index contributed by atoms with van der Waals surface area (Å²) >= 11 is 3.56. The number of benzene rings is 1. The van der Waals surface area contributed by atoms with Crippen LogP contribution in [0, 0.1) is 5.41 Å². The quantitative estimate of drug-likeness (QED) is 0.906. The molecule has 0 amide bonds. The molecule has 19 heavy (non-hydrogen) atoms. The summed E-state index contributed by atoms with van der Waals surface area (Å²) in [7, 11) is 0. The van der Waals surface area contributed by atoms with Gasteiger partial charge >= 0.3 is 0 Å². The fourth-order valence-corrected chi connectivity index (χ4v) is 2.82. The number of hydrogen-bond donors (Lipinski definition) is 1. The normalized spacial score (nSPS) is 20.2. The molecule has 0 aromatic heterocycles. The van der Waals surface area contributed by atoms with E-state index in [9.17, 15) is 5.11 Å².